The minimum absolute atomic E-state index is 0.220. The molecule has 4 heteroatoms. The van der Waals surface area contributed by atoms with Crippen LogP contribution in [0, 0.1) is 0 Å². The highest BCUT2D eigenvalue weighted by molar-refractivity contribution is 9.07. The van der Waals surface area contributed by atoms with Crippen LogP contribution in [0.5, 0.6) is 0 Å². The van der Waals surface area contributed by atoms with Gasteiger partial charge in [0.2, 0.25) is 0 Å². The van der Waals surface area contributed by atoms with Crippen molar-refractivity contribution in [3.63, 3.8) is 0 Å². The number of hydrogen-bond donors (Lipinski definition) is 0. The van der Waals surface area contributed by atoms with Crippen molar-refractivity contribution in [3.8, 4) is 0 Å². The van der Waals surface area contributed by atoms with Gasteiger partial charge in [-0.25, -0.2) is 8.32 Å². The Morgan fingerprint density at radius 2 is 1.80 bits per heavy atom. The fourth-order valence-corrected chi connectivity index (χ4v) is 1.38. The molecule has 1 rings (SSSR count). The summed E-state index contributed by atoms with van der Waals surface area (Å²) in [7, 11) is 0. The average Bonchev–Trinajstić information content (AvgIpc) is 1.95. The number of hydrogen-bond acceptors (Lipinski definition) is 2. The predicted molar refractivity (Wildman–Crippen MR) is 42.9 cm³/mol. The standard InChI is InChI=1S/C6H12BrFN2/c7-10-5-3-9(2-1-8)4-6-10/h1-6H2. The summed E-state index contributed by atoms with van der Waals surface area (Å²) in [4.78, 5) is 2.14. The Kier molecular flexibility index (Phi) is 3.59. The molecule has 0 aromatic rings. The SMILES string of the molecule is FCCN1CCN(Br)CC1. The van der Waals surface area contributed by atoms with Gasteiger partial charge < -0.3 is 0 Å². The molecule has 1 aliphatic rings. The van der Waals surface area contributed by atoms with Crippen molar-refractivity contribution >= 4 is 16.1 Å². The molecule has 10 heavy (non-hydrogen) atoms. The van der Waals surface area contributed by atoms with Crippen LogP contribution in [-0.4, -0.2) is 48.2 Å². The van der Waals surface area contributed by atoms with Crippen molar-refractivity contribution < 1.29 is 4.39 Å². The molecular formula is C6H12BrFN2. The molecule has 0 unspecified atom stereocenters. The molecule has 0 aliphatic carbocycles. The number of piperazine rings is 1. The lowest BCUT2D eigenvalue weighted by molar-refractivity contribution is 0.187. The molecule has 0 bridgehead atoms. The lowest BCUT2D eigenvalue weighted by atomic mass is 10.4. The fraction of sp³-hybridized carbons (Fsp3) is 1.00. The van der Waals surface area contributed by atoms with Crippen LogP contribution in [0.15, 0.2) is 0 Å². The highest BCUT2D eigenvalue weighted by Gasteiger charge is 2.13. The van der Waals surface area contributed by atoms with Gasteiger partial charge in [0, 0.05) is 48.9 Å². The van der Waals surface area contributed by atoms with Crippen LogP contribution in [0.4, 0.5) is 4.39 Å². The first-order chi connectivity index (χ1) is 4.83. The van der Waals surface area contributed by atoms with Crippen LogP contribution < -0.4 is 0 Å². The van der Waals surface area contributed by atoms with E-state index in [1.807, 2.05) is 0 Å². The van der Waals surface area contributed by atoms with E-state index in [0.717, 1.165) is 26.2 Å². The molecule has 0 amide bonds. The van der Waals surface area contributed by atoms with Gasteiger partial charge in [0.25, 0.3) is 0 Å². The lowest BCUT2D eigenvalue weighted by Gasteiger charge is -2.29. The first kappa shape index (κ1) is 8.43. The molecule has 0 N–H and O–H groups in total. The third-order valence-electron chi connectivity index (χ3n) is 1.72. The number of halogens is 2. The van der Waals surface area contributed by atoms with E-state index in [0.29, 0.717) is 6.54 Å². The summed E-state index contributed by atoms with van der Waals surface area (Å²) in [6.45, 7) is 4.34. The van der Waals surface area contributed by atoms with Gasteiger partial charge in [-0.05, 0) is 0 Å². The highest BCUT2D eigenvalue weighted by Crippen LogP contribution is 2.04. The Morgan fingerprint density at radius 3 is 2.30 bits per heavy atom. The van der Waals surface area contributed by atoms with Crippen molar-refractivity contribution in [1.29, 1.82) is 0 Å². The van der Waals surface area contributed by atoms with E-state index in [1.54, 1.807) is 0 Å². The van der Waals surface area contributed by atoms with Crippen LogP contribution in [0.2, 0.25) is 0 Å². The smallest absolute Gasteiger partial charge is 0.102 e. The second-order valence-corrected chi connectivity index (χ2v) is 3.44. The highest BCUT2D eigenvalue weighted by atomic mass is 79.9. The summed E-state index contributed by atoms with van der Waals surface area (Å²) in [6.07, 6.45) is 0. The molecule has 0 atom stereocenters. The van der Waals surface area contributed by atoms with Gasteiger partial charge in [-0.1, -0.05) is 0 Å². The summed E-state index contributed by atoms with van der Waals surface area (Å²) in [5.41, 5.74) is 0. The maximum atomic E-state index is 11.8. The van der Waals surface area contributed by atoms with Gasteiger partial charge in [0.05, 0.1) is 0 Å². The number of nitrogens with zero attached hydrogens (tertiary/aromatic N) is 2. The molecule has 0 aromatic heterocycles. The van der Waals surface area contributed by atoms with E-state index in [2.05, 4.69) is 25.0 Å². The molecule has 60 valence electrons. The summed E-state index contributed by atoms with van der Waals surface area (Å²) in [6, 6.07) is 0. The molecular weight excluding hydrogens is 199 g/mol. The van der Waals surface area contributed by atoms with Crippen molar-refractivity contribution in [3.05, 3.63) is 0 Å². The predicted octanol–water partition coefficient (Wildman–Crippen LogP) is 0.883. The van der Waals surface area contributed by atoms with E-state index in [4.69, 9.17) is 0 Å². The maximum absolute atomic E-state index is 11.8. The van der Waals surface area contributed by atoms with Gasteiger partial charge >= 0.3 is 0 Å². The molecule has 0 aromatic carbocycles. The summed E-state index contributed by atoms with van der Waals surface area (Å²) >= 11 is 3.38. The zero-order chi connectivity index (χ0) is 7.40. The quantitative estimate of drug-likeness (QED) is 0.625. The Hall–Kier alpha value is 0.330. The minimum atomic E-state index is -0.220. The van der Waals surface area contributed by atoms with E-state index in [-0.39, 0.29) is 6.67 Å². The molecule has 0 radical (unpaired) electrons. The Bertz CT molecular complexity index is 93.7. The van der Waals surface area contributed by atoms with Gasteiger partial charge in [0.15, 0.2) is 0 Å². The molecule has 0 saturated carbocycles. The maximum Gasteiger partial charge on any atom is 0.102 e. The zero-order valence-electron chi connectivity index (χ0n) is 5.89. The van der Waals surface area contributed by atoms with Gasteiger partial charge in [-0.15, -0.1) is 0 Å². The fourth-order valence-electron chi connectivity index (χ4n) is 1.07. The van der Waals surface area contributed by atoms with Crippen LogP contribution in [0.1, 0.15) is 0 Å². The van der Waals surface area contributed by atoms with E-state index < -0.39 is 0 Å². The van der Waals surface area contributed by atoms with Gasteiger partial charge in [0.1, 0.15) is 6.67 Å². The van der Waals surface area contributed by atoms with Crippen molar-refractivity contribution in [1.82, 2.24) is 8.83 Å². The third-order valence-corrected chi connectivity index (χ3v) is 2.43. The second kappa shape index (κ2) is 4.26. The summed E-state index contributed by atoms with van der Waals surface area (Å²) in [5.74, 6) is 0. The van der Waals surface area contributed by atoms with E-state index in [9.17, 15) is 4.39 Å². The van der Waals surface area contributed by atoms with Crippen LogP contribution in [-0.2, 0) is 0 Å². The molecule has 1 heterocycles. The Morgan fingerprint density at radius 1 is 1.20 bits per heavy atom. The lowest BCUT2D eigenvalue weighted by Crippen LogP contribution is -2.42. The van der Waals surface area contributed by atoms with Crippen molar-refractivity contribution in [2.24, 2.45) is 0 Å². The first-order valence-corrected chi connectivity index (χ1v) is 4.23. The molecule has 2 nitrogen and oxygen atoms in total. The molecule has 1 saturated heterocycles. The van der Waals surface area contributed by atoms with Crippen molar-refractivity contribution in [2.45, 2.75) is 0 Å². The van der Waals surface area contributed by atoms with Crippen LogP contribution in [0.25, 0.3) is 0 Å². The molecule has 1 fully saturated rings. The Labute approximate surface area is 69.3 Å². The second-order valence-electron chi connectivity index (χ2n) is 2.44. The van der Waals surface area contributed by atoms with Crippen LogP contribution in [0.3, 0.4) is 0 Å². The largest absolute Gasteiger partial charge is 0.298 e. The Balaban J connectivity index is 2.13. The van der Waals surface area contributed by atoms with Gasteiger partial charge in [-0.2, -0.15) is 0 Å². The normalized spacial score (nSPS) is 23.4. The zero-order valence-corrected chi connectivity index (χ0v) is 7.48. The first-order valence-electron chi connectivity index (χ1n) is 3.52. The monoisotopic (exact) mass is 210 g/mol. The molecule has 0 spiro atoms. The third kappa shape index (κ3) is 2.52. The van der Waals surface area contributed by atoms with E-state index >= 15 is 0 Å². The summed E-state index contributed by atoms with van der Waals surface area (Å²) in [5, 5.41) is 0. The summed E-state index contributed by atoms with van der Waals surface area (Å²) < 4.78 is 13.9. The van der Waals surface area contributed by atoms with E-state index in [1.165, 1.54) is 0 Å². The molecule has 1 aliphatic heterocycles. The van der Waals surface area contributed by atoms with Crippen LogP contribution >= 0.6 is 16.1 Å². The van der Waals surface area contributed by atoms with Crippen molar-refractivity contribution in [2.75, 3.05) is 39.4 Å². The average molecular weight is 211 g/mol. The number of rotatable bonds is 2. The van der Waals surface area contributed by atoms with Gasteiger partial charge in [-0.3, -0.25) is 4.90 Å². The minimum Gasteiger partial charge on any atom is -0.298 e. The number of alkyl halides is 1. The topological polar surface area (TPSA) is 6.48 Å².